The van der Waals surface area contributed by atoms with E-state index in [2.05, 4.69) is 0 Å². The molecule has 15 atom stereocenters. The highest BCUT2D eigenvalue weighted by atomic mass is 16.8. The van der Waals surface area contributed by atoms with Gasteiger partial charge in [0.15, 0.2) is 18.9 Å². The molecule has 0 aliphatic carbocycles. The van der Waals surface area contributed by atoms with E-state index in [1.165, 1.54) is 0 Å². The minimum absolute atomic E-state index is 0.703. The normalized spacial score (nSPS) is 47.5. The molecular formula is C21H38O18. The summed E-state index contributed by atoms with van der Waals surface area (Å²) in [6.45, 7) is -3.80. The molecule has 3 saturated heterocycles. The summed E-state index contributed by atoms with van der Waals surface area (Å²) in [5, 5.41) is 120. The van der Waals surface area contributed by atoms with Crippen LogP contribution in [0.5, 0.6) is 0 Å². The fraction of sp³-hybridized carbons (Fsp3) is 1.00. The Balaban J connectivity index is 1.89. The lowest BCUT2D eigenvalue weighted by molar-refractivity contribution is -0.396. The summed E-state index contributed by atoms with van der Waals surface area (Å²) in [6, 6.07) is 0. The zero-order chi connectivity index (χ0) is 29.0. The van der Waals surface area contributed by atoms with Gasteiger partial charge in [-0.3, -0.25) is 0 Å². The Morgan fingerprint density at radius 1 is 0.462 bits per heavy atom. The lowest BCUT2D eigenvalue weighted by atomic mass is 9.96. The van der Waals surface area contributed by atoms with Crippen LogP contribution < -0.4 is 0 Å². The van der Waals surface area contributed by atoms with E-state index in [1.807, 2.05) is 0 Å². The van der Waals surface area contributed by atoms with Gasteiger partial charge < -0.3 is 89.7 Å². The Morgan fingerprint density at radius 3 is 1.31 bits per heavy atom. The van der Waals surface area contributed by atoms with Crippen molar-refractivity contribution in [2.75, 3.05) is 33.0 Å². The zero-order valence-corrected chi connectivity index (χ0v) is 20.6. The van der Waals surface area contributed by atoms with E-state index in [0.717, 1.165) is 0 Å². The van der Waals surface area contributed by atoms with Crippen molar-refractivity contribution in [2.24, 2.45) is 0 Å². The van der Waals surface area contributed by atoms with Gasteiger partial charge in [-0.15, -0.1) is 0 Å². The van der Waals surface area contributed by atoms with E-state index >= 15 is 0 Å². The second kappa shape index (κ2) is 14.4. The van der Waals surface area contributed by atoms with Gasteiger partial charge in [0.25, 0.3) is 0 Å². The van der Waals surface area contributed by atoms with Gasteiger partial charge in [0.1, 0.15) is 79.4 Å². The van der Waals surface area contributed by atoms with Gasteiger partial charge in [0, 0.05) is 0 Å². The summed E-state index contributed by atoms with van der Waals surface area (Å²) < 4.78 is 32.9. The van der Waals surface area contributed by atoms with Crippen molar-refractivity contribution in [1.82, 2.24) is 0 Å². The van der Waals surface area contributed by atoms with Crippen LogP contribution in [0.3, 0.4) is 0 Å². The standard InChI is InChI=1S/C21H38O18/c22-1-6(2-23)34-20-17(14(31)11(28)8(4-25)36-20)39-21-18(15(32)12(29)9(5-26)37-21)38-19-16(33)13(30)10(27)7(3-24)35-19/h6-33H,1-5H2/t7-,8-,9-,10-,11-,12-,13+,14+,15+,16-,17-,18-,19-,20+,21-/m1/s1. The van der Waals surface area contributed by atoms with Gasteiger partial charge in [0.2, 0.25) is 0 Å². The molecule has 0 saturated carbocycles. The van der Waals surface area contributed by atoms with Gasteiger partial charge in [0.05, 0.1) is 33.0 Å². The Kier molecular flexibility index (Phi) is 12.1. The highest BCUT2D eigenvalue weighted by molar-refractivity contribution is 4.96. The van der Waals surface area contributed by atoms with E-state index in [1.54, 1.807) is 0 Å². The maximum Gasteiger partial charge on any atom is 0.187 e. The Hall–Kier alpha value is -0.720. The number of rotatable bonds is 11. The smallest absolute Gasteiger partial charge is 0.187 e. The van der Waals surface area contributed by atoms with Crippen molar-refractivity contribution in [2.45, 2.75) is 98.2 Å². The van der Waals surface area contributed by atoms with Gasteiger partial charge in [-0.2, -0.15) is 0 Å². The number of aliphatic hydroxyl groups is 12. The molecule has 3 aliphatic heterocycles. The van der Waals surface area contributed by atoms with Crippen LogP contribution in [-0.4, -0.2) is 193 Å². The molecule has 0 radical (unpaired) electrons. The molecule has 39 heavy (non-hydrogen) atoms. The Morgan fingerprint density at radius 2 is 0.846 bits per heavy atom. The van der Waals surface area contributed by atoms with Crippen molar-refractivity contribution in [3.8, 4) is 0 Å². The second-order valence-corrected chi connectivity index (χ2v) is 9.44. The topological polar surface area (TPSA) is 298 Å². The summed E-state index contributed by atoms with van der Waals surface area (Å²) in [4.78, 5) is 0. The third-order valence-corrected chi connectivity index (χ3v) is 6.81. The maximum atomic E-state index is 10.8. The second-order valence-electron chi connectivity index (χ2n) is 9.44. The summed E-state index contributed by atoms with van der Waals surface area (Å²) in [5.41, 5.74) is 0. The van der Waals surface area contributed by atoms with Crippen LogP contribution in [0.15, 0.2) is 0 Å². The molecule has 0 amide bonds. The highest BCUT2D eigenvalue weighted by Crippen LogP contribution is 2.33. The average molecular weight is 579 g/mol. The summed E-state index contributed by atoms with van der Waals surface area (Å²) in [7, 11) is 0. The fourth-order valence-corrected chi connectivity index (χ4v) is 4.44. The van der Waals surface area contributed by atoms with Crippen LogP contribution >= 0.6 is 0 Å². The first-order valence-electron chi connectivity index (χ1n) is 12.3. The molecule has 18 nitrogen and oxygen atoms in total. The van der Waals surface area contributed by atoms with Crippen molar-refractivity contribution in [3.63, 3.8) is 0 Å². The monoisotopic (exact) mass is 578 g/mol. The molecule has 230 valence electrons. The summed E-state index contributed by atoms with van der Waals surface area (Å²) in [5.74, 6) is 0. The number of aliphatic hydroxyl groups excluding tert-OH is 12. The van der Waals surface area contributed by atoms with Crippen molar-refractivity contribution < 1.29 is 89.7 Å². The van der Waals surface area contributed by atoms with E-state index in [0.29, 0.717) is 0 Å². The van der Waals surface area contributed by atoms with E-state index in [4.69, 9.17) is 28.4 Å². The largest absolute Gasteiger partial charge is 0.394 e. The van der Waals surface area contributed by atoms with Crippen LogP contribution in [0.25, 0.3) is 0 Å². The lowest BCUT2D eigenvalue weighted by Gasteiger charge is -2.48. The van der Waals surface area contributed by atoms with E-state index < -0.39 is 131 Å². The molecule has 3 fully saturated rings. The first-order chi connectivity index (χ1) is 18.5. The maximum absolute atomic E-state index is 10.8. The highest BCUT2D eigenvalue weighted by Gasteiger charge is 2.54. The fourth-order valence-electron chi connectivity index (χ4n) is 4.44. The number of hydrogen-bond acceptors (Lipinski definition) is 18. The average Bonchev–Trinajstić information content (AvgIpc) is 2.94. The Bertz CT molecular complexity index is 725. The molecule has 3 heterocycles. The summed E-state index contributed by atoms with van der Waals surface area (Å²) in [6.07, 6.45) is -27.2. The summed E-state index contributed by atoms with van der Waals surface area (Å²) >= 11 is 0. The molecule has 0 bridgehead atoms. The molecule has 0 aromatic heterocycles. The number of hydrogen-bond donors (Lipinski definition) is 12. The van der Waals surface area contributed by atoms with Crippen LogP contribution in [0.4, 0.5) is 0 Å². The van der Waals surface area contributed by atoms with Gasteiger partial charge in [-0.25, -0.2) is 0 Å². The predicted molar refractivity (Wildman–Crippen MR) is 118 cm³/mol. The molecule has 0 spiro atoms. The van der Waals surface area contributed by atoms with Gasteiger partial charge in [-0.05, 0) is 0 Å². The lowest BCUT2D eigenvalue weighted by Crippen LogP contribution is -2.67. The molecular weight excluding hydrogens is 540 g/mol. The predicted octanol–water partition coefficient (Wildman–Crippen LogP) is -8.20. The third-order valence-electron chi connectivity index (χ3n) is 6.81. The van der Waals surface area contributed by atoms with Crippen LogP contribution in [-0.2, 0) is 28.4 Å². The van der Waals surface area contributed by atoms with Crippen LogP contribution in [0.1, 0.15) is 0 Å². The molecule has 3 aliphatic rings. The van der Waals surface area contributed by atoms with Gasteiger partial charge in [-0.1, -0.05) is 0 Å². The van der Waals surface area contributed by atoms with Crippen molar-refractivity contribution in [1.29, 1.82) is 0 Å². The first-order valence-corrected chi connectivity index (χ1v) is 12.3. The molecule has 18 heteroatoms. The zero-order valence-electron chi connectivity index (χ0n) is 20.6. The minimum Gasteiger partial charge on any atom is -0.394 e. The van der Waals surface area contributed by atoms with Gasteiger partial charge >= 0.3 is 0 Å². The molecule has 12 N–H and O–H groups in total. The molecule has 0 unspecified atom stereocenters. The third kappa shape index (κ3) is 7.02. The molecule has 0 aromatic rings. The van der Waals surface area contributed by atoms with E-state index in [-0.39, 0.29) is 0 Å². The number of ether oxygens (including phenoxy) is 6. The SMILES string of the molecule is OCC(CO)O[C@H]1O[C@H](CO)[C@@H](O)[C@H](O)[C@H]1O[C@H]1O[C@H](CO)[C@@H](O)[C@H](O)[C@H]1O[C@H]1O[C@H](CO)[C@@H](O)[C@H](O)[C@H]1O. The van der Waals surface area contributed by atoms with Crippen molar-refractivity contribution in [3.05, 3.63) is 0 Å². The first kappa shape index (κ1) is 32.8. The molecule has 3 rings (SSSR count). The van der Waals surface area contributed by atoms with E-state index in [9.17, 15) is 61.3 Å². The van der Waals surface area contributed by atoms with Crippen LogP contribution in [0.2, 0.25) is 0 Å². The van der Waals surface area contributed by atoms with Crippen molar-refractivity contribution >= 4 is 0 Å². The quantitative estimate of drug-likeness (QED) is 0.108. The minimum atomic E-state index is -1.93. The van der Waals surface area contributed by atoms with Crippen LogP contribution in [0, 0.1) is 0 Å². The molecule has 0 aromatic carbocycles. The Labute approximate surface area is 221 Å².